The molecular weight excluding hydrogens is 244 g/mol. The Bertz CT molecular complexity index is 395. The summed E-state index contributed by atoms with van der Waals surface area (Å²) in [6.45, 7) is 6.04. The van der Waals surface area contributed by atoms with Gasteiger partial charge in [-0.05, 0) is 43.6 Å². The minimum atomic E-state index is 0.630. The molecule has 1 unspecified atom stereocenters. The molecule has 1 aliphatic heterocycles. The first-order valence-electron chi connectivity index (χ1n) is 8.32. The molecule has 20 heavy (non-hydrogen) atoms. The van der Waals surface area contributed by atoms with E-state index < -0.39 is 0 Å². The van der Waals surface area contributed by atoms with Gasteiger partial charge in [-0.15, -0.1) is 0 Å². The van der Waals surface area contributed by atoms with Crippen molar-refractivity contribution >= 4 is 0 Å². The van der Waals surface area contributed by atoms with Gasteiger partial charge in [0.25, 0.3) is 0 Å². The lowest BCUT2D eigenvalue weighted by Crippen LogP contribution is -2.55. The Kier molecular flexibility index (Phi) is 4.74. The number of benzene rings is 1. The van der Waals surface area contributed by atoms with E-state index in [9.17, 15) is 0 Å². The molecule has 3 rings (SSSR count). The molecule has 2 aliphatic rings. The van der Waals surface area contributed by atoms with Gasteiger partial charge in [0, 0.05) is 31.7 Å². The lowest BCUT2D eigenvalue weighted by molar-refractivity contribution is 0.104. The Morgan fingerprint density at radius 3 is 2.60 bits per heavy atom. The minimum Gasteiger partial charge on any atom is -0.311 e. The highest BCUT2D eigenvalue weighted by atomic mass is 15.2. The van der Waals surface area contributed by atoms with Gasteiger partial charge in [0.2, 0.25) is 0 Å². The molecule has 1 aromatic rings. The van der Waals surface area contributed by atoms with Crippen LogP contribution in [0.4, 0.5) is 0 Å². The molecule has 0 bridgehead atoms. The van der Waals surface area contributed by atoms with E-state index >= 15 is 0 Å². The van der Waals surface area contributed by atoms with Crippen molar-refractivity contribution < 1.29 is 0 Å². The van der Waals surface area contributed by atoms with Crippen molar-refractivity contribution in [1.29, 1.82) is 0 Å². The first-order valence-corrected chi connectivity index (χ1v) is 8.32. The van der Waals surface area contributed by atoms with Crippen molar-refractivity contribution in [3.63, 3.8) is 0 Å². The molecule has 0 spiro atoms. The van der Waals surface area contributed by atoms with Crippen LogP contribution in [0.1, 0.15) is 38.2 Å². The smallest absolute Gasteiger partial charge is 0.0236 e. The van der Waals surface area contributed by atoms with Crippen LogP contribution in [0.15, 0.2) is 30.3 Å². The topological polar surface area (TPSA) is 15.3 Å². The van der Waals surface area contributed by atoms with Crippen LogP contribution in [-0.4, -0.2) is 36.6 Å². The number of piperazine rings is 1. The highest BCUT2D eigenvalue weighted by molar-refractivity contribution is 5.16. The summed E-state index contributed by atoms with van der Waals surface area (Å²) in [5, 5.41) is 3.70. The van der Waals surface area contributed by atoms with E-state index in [-0.39, 0.29) is 0 Å². The van der Waals surface area contributed by atoms with Gasteiger partial charge in [0.15, 0.2) is 0 Å². The first kappa shape index (κ1) is 14.1. The van der Waals surface area contributed by atoms with Crippen LogP contribution < -0.4 is 5.32 Å². The van der Waals surface area contributed by atoms with Crippen LogP contribution >= 0.6 is 0 Å². The van der Waals surface area contributed by atoms with Crippen LogP contribution in [0.2, 0.25) is 0 Å². The van der Waals surface area contributed by atoms with Gasteiger partial charge in [0.1, 0.15) is 0 Å². The van der Waals surface area contributed by atoms with Crippen LogP contribution in [-0.2, 0) is 6.42 Å². The van der Waals surface area contributed by atoms with E-state index in [1.807, 2.05) is 0 Å². The van der Waals surface area contributed by atoms with Gasteiger partial charge in [-0.1, -0.05) is 37.3 Å². The Balaban J connectivity index is 1.54. The molecule has 110 valence electrons. The second-order valence-corrected chi connectivity index (χ2v) is 6.75. The summed E-state index contributed by atoms with van der Waals surface area (Å²) in [6, 6.07) is 12.4. The zero-order chi connectivity index (χ0) is 13.8. The van der Waals surface area contributed by atoms with Gasteiger partial charge < -0.3 is 5.32 Å². The van der Waals surface area contributed by atoms with Gasteiger partial charge in [-0.3, -0.25) is 4.90 Å². The van der Waals surface area contributed by atoms with Crippen LogP contribution in [0.5, 0.6) is 0 Å². The highest BCUT2D eigenvalue weighted by Gasteiger charge is 2.28. The number of rotatable bonds is 3. The zero-order valence-electron chi connectivity index (χ0n) is 12.7. The monoisotopic (exact) mass is 272 g/mol. The molecule has 0 amide bonds. The van der Waals surface area contributed by atoms with Gasteiger partial charge in [-0.2, -0.15) is 0 Å². The average molecular weight is 272 g/mol. The normalized spacial score (nSPS) is 32.1. The van der Waals surface area contributed by atoms with E-state index in [2.05, 4.69) is 47.5 Å². The Morgan fingerprint density at radius 1 is 1.10 bits per heavy atom. The molecule has 2 fully saturated rings. The number of nitrogens with zero attached hydrogens (tertiary/aromatic N) is 1. The van der Waals surface area contributed by atoms with E-state index in [4.69, 9.17) is 0 Å². The third-order valence-electron chi connectivity index (χ3n) is 5.11. The molecule has 1 saturated carbocycles. The van der Waals surface area contributed by atoms with Crippen LogP contribution in [0, 0.1) is 5.92 Å². The second kappa shape index (κ2) is 6.73. The van der Waals surface area contributed by atoms with Crippen molar-refractivity contribution in [2.24, 2.45) is 5.92 Å². The third kappa shape index (κ3) is 3.62. The van der Waals surface area contributed by atoms with Crippen molar-refractivity contribution in [2.45, 2.75) is 51.1 Å². The molecule has 0 aromatic heterocycles. The standard InChI is InChI=1S/C18H28N2/c1-15-7-9-18(10-8-15)20-12-11-19-17(14-20)13-16-5-3-2-4-6-16/h2-6,15,17-19H,7-14H2,1H3. The van der Waals surface area contributed by atoms with Gasteiger partial charge >= 0.3 is 0 Å². The second-order valence-electron chi connectivity index (χ2n) is 6.75. The summed E-state index contributed by atoms with van der Waals surface area (Å²) in [4.78, 5) is 2.76. The molecule has 2 nitrogen and oxygen atoms in total. The Labute approximate surface area is 123 Å². The SMILES string of the molecule is CC1CCC(N2CCNC(Cc3ccccc3)C2)CC1. The molecule has 1 atom stereocenters. The van der Waals surface area contributed by atoms with E-state index in [0.29, 0.717) is 6.04 Å². The summed E-state index contributed by atoms with van der Waals surface area (Å²) in [5.41, 5.74) is 1.46. The molecule has 1 N–H and O–H groups in total. The number of hydrogen-bond acceptors (Lipinski definition) is 2. The third-order valence-corrected chi connectivity index (χ3v) is 5.11. The lowest BCUT2D eigenvalue weighted by atomic mass is 9.86. The average Bonchev–Trinajstić information content (AvgIpc) is 2.49. The largest absolute Gasteiger partial charge is 0.311 e. The van der Waals surface area contributed by atoms with Crippen molar-refractivity contribution in [3.8, 4) is 0 Å². The van der Waals surface area contributed by atoms with E-state index in [0.717, 1.165) is 18.5 Å². The van der Waals surface area contributed by atoms with Crippen molar-refractivity contribution in [1.82, 2.24) is 10.2 Å². The van der Waals surface area contributed by atoms with Gasteiger partial charge in [0.05, 0.1) is 0 Å². The summed E-state index contributed by atoms with van der Waals surface area (Å²) in [7, 11) is 0. The highest BCUT2D eigenvalue weighted by Crippen LogP contribution is 2.27. The van der Waals surface area contributed by atoms with Crippen LogP contribution in [0.3, 0.4) is 0 Å². The molecule has 1 aliphatic carbocycles. The maximum Gasteiger partial charge on any atom is 0.0236 e. The Morgan fingerprint density at radius 2 is 1.85 bits per heavy atom. The maximum atomic E-state index is 3.70. The Hall–Kier alpha value is -0.860. The lowest BCUT2D eigenvalue weighted by Gasteiger charge is -2.41. The summed E-state index contributed by atoms with van der Waals surface area (Å²) >= 11 is 0. The fraction of sp³-hybridized carbons (Fsp3) is 0.667. The predicted molar refractivity (Wildman–Crippen MR) is 84.9 cm³/mol. The molecular formula is C18H28N2. The fourth-order valence-corrected chi connectivity index (χ4v) is 3.83. The van der Waals surface area contributed by atoms with Crippen molar-refractivity contribution in [3.05, 3.63) is 35.9 Å². The molecule has 2 heteroatoms. The summed E-state index contributed by atoms with van der Waals surface area (Å²) in [5.74, 6) is 0.953. The molecule has 1 heterocycles. The quantitative estimate of drug-likeness (QED) is 0.909. The summed E-state index contributed by atoms with van der Waals surface area (Å²) in [6.07, 6.45) is 6.86. The number of hydrogen-bond donors (Lipinski definition) is 1. The molecule has 1 saturated heterocycles. The van der Waals surface area contributed by atoms with Gasteiger partial charge in [-0.25, -0.2) is 0 Å². The van der Waals surface area contributed by atoms with Crippen molar-refractivity contribution in [2.75, 3.05) is 19.6 Å². The zero-order valence-corrected chi connectivity index (χ0v) is 12.7. The first-order chi connectivity index (χ1) is 9.81. The predicted octanol–water partition coefficient (Wildman–Crippen LogP) is 3.08. The van der Waals surface area contributed by atoms with E-state index in [1.54, 1.807) is 0 Å². The molecule has 0 radical (unpaired) electrons. The van der Waals surface area contributed by atoms with E-state index in [1.165, 1.54) is 50.8 Å². The summed E-state index contributed by atoms with van der Waals surface area (Å²) < 4.78 is 0. The van der Waals surface area contributed by atoms with Crippen LogP contribution in [0.25, 0.3) is 0 Å². The minimum absolute atomic E-state index is 0.630. The fourth-order valence-electron chi connectivity index (χ4n) is 3.83. The molecule has 1 aromatic carbocycles. The maximum absolute atomic E-state index is 3.70. The number of nitrogens with one attached hydrogen (secondary N) is 1.